The normalized spacial score (nSPS) is 12.0. The highest BCUT2D eigenvalue weighted by Crippen LogP contribution is 2.25. The van der Waals surface area contributed by atoms with Gasteiger partial charge in [0, 0.05) is 5.56 Å². The van der Waals surface area contributed by atoms with E-state index in [1.807, 2.05) is 44.2 Å². The van der Waals surface area contributed by atoms with Crippen molar-refractivity contribution in [1.29, 1.82) is 0 Å². The number of carbonyl (C=O) groups is 1. The Bertz CT molecular complexity index is 952. The van der Waals surface area contributed by atoms with Crippen LogP contribution in [0.3, 0.4) is 0 Å². The van der Waals surface area contributed by atoms with E-state index in [4.69, 9.17) is 4.42 Å². The van der Waals surface area contributed by atoms with Crippen LogP contribution in [0.4, 0.5) is 0 Å². The smallest absolute Gasteiger partial charge is 0.277 e. The highest BCUT2D eigenvalue weighted by Gasteiger charge is 2.14. The number of nitrogens with zero attached hydrogens (tertiary/aromatic N) is 2. The molecule has 6 heteroatoms. The molecule has 140 valence electrons. The van der Waals surface area contributed by atoms with Crippen molar-refractivity contribution in [1.82, 2.24) is 15.5 Å². The number of hydrogen-bond acceptors (Lipinski definition) is 5. The number of nitrogens with one attached hydrogen (secondary N) is 1. The molecule has 1 N–H and O–H groups in total. The molecule has 0 unspecified atom stereocenters. The summed E-state index contributed by atoms with van der Waals surface area (Å²) >= 11 is 1.24. The van der Waals surface area contributed by atoms with Crippen molar-refractivity contribution >= 4 is 17.7 Å². The van der Waals surface area contributed by atoms with Crippen LogP contribution in [-0.2, 0) is 4.79 Å². The summed E-state index contributed by atoms with van der Waals surface area (Å²) in [5, 5.41) is 11.5. The molecule has 0 bridgehead atoms. The monoisotopic (exact) mass is 381 g/mol. The number of hydrogen-bond donors (Lipinski definition) is 1. The Morgan fingerprint density at radius 3 is 2.59 bits per heavy atom. The van der Waals surface area contributed by atoms with Crippen molar-refractivity contribution in [2.75, 3.05) is 5.75 Å². The molecule has 27 heavy (non-hydrogen) atoms. The molecule has 3 rings (SSSR count). The summed E-state index contributed by atoms with van der Waals surface area (Å²) < 4.78 is 5.68. The summed E-state index contributed by atoms with van der Waals surface area (Å²) in [5.41, 5.74) is 5.53. The summed E-state index contributed by atoms with van der Waals surface area (Å²) in [6.07, 6.45) is 0. The summed E-state index contributed by atoms with van der Waals surface area (Å²) in [6, 6.07) is 14.0. The lowest BCUT2D eigenvalue weighted by molar-refractivity contribution is -0.119. The van der Waals surface area contributed by atoms with Crippen molar-refractivity contribution in [3.8, 4) is 11.5 Å². The largest absolute Gasteiger partial charge is 0.411 e. The van der Waals surface area contributed by atoms with Gasteiger partial charge < -0.3 is 9.73 Å². The van der Waals surface area contributed by atoms with E-state index in [0.717, 1.165) is 16.7 Å². The molecular weight excluding hydrogens is 358 g/mol. The van der Waals surface area contributed by atoms with Crippen LogP contribution in [0.25, 0.3) is 11.5 Å². The Morgan fingerprint density at radius 2 is 1.85 bits per heavy atom. The molecule has 5 nitrogen and oxygen atoms in total. The minimum atomic E-state index is -0.0682. The van der Waals surface area contributed by atoms with Crippen LogP contribution in [0, 0.1) is 20.8 Å². The number of thioether (sulfide) groups is 1. The zero-order chi connectivity index (χ0) is 19.4. The lowest BCUT2D eigenvalue weighted by Gasteiger charge is -2.15. The molecule has 1 amide bonds. The molecule has 1 atom stereocenters. The van der Waals surface area contributed by atoms with Gasteiger partial charge in [0.1, 0.15) is 0 Å². The fraction of sp³-hybridized carbons (Fsp3) is 0.286. The van der Waals surface area contributed by atoms with Crippen molar-refractivity contribution in [2.24, 2.45) is 0 Å². The van der Waals surface area contributed by atoms with E-state index in [1.165, 1.54) is 22.9 Å². The molecular formula is C21H23N3O2S. The number of aryl methyl sites for hydroxylation is 3. The molecule has 2 aromatic carbocycles. The first kappa shape index (κ1) is 19.2. The molecule has 1 aromatic heterocycles. The Morgan fingerprint density at radius 1 is 1.07 bits per heavy atom. The maximum absolute atomic E-state index is 12.3. The number of aromatic nitrogens is 2. The van der Waals surface area contributed by atoms with E-state index < -0.39 is 0 Å². The van der Waals surface area contributed by atoms with Crippen LogP contribution in [0.15, 0.2) is 52.1 Å². The second-order valence-corrected chi connectivity index (χ2v) is 7.54. The van der Waals surface area contributed by atoms with Gasteiger partial charge in [0.05, 0.1) is 11.8 Å². The SMILES string of the molecule is Cc1ccc([C@@H](C)NC(=O)CSc2nnc(-c3ccccc3C)o2)cc1C. The van der Waals surface area contributed by atoms with Crippen molar-refractivity contribution in [3.63, 3.8) is 0 Å². The molecule has 0 spiro atoms. The summed E-state index contributed by atoms with van der Waals surface area (Å²) in [6.45, 7) is 8.13. The first-order valence-corrected chi connectivity index (χ1v) is 9.81. The first-order chi connectivity index (χ1) is 12.9. The Kier molecular flexibility index (Phi) is 5.96. The van der Waals surface area contributed by atoms with Crippen molar-refractivity contribution < 1.29 is 9.21 Å². The summed E-state index contributed by atoms with van der Waals surface area (Å²) in [7, 11) is 0. The quantitative estimate of drug-likeness (QED) is 0.631. The van der Waals surface area contributed by atoms with Gasteiger partial charge >= 0.3 is 0 Å². The van der Waals surface area contributed by atoms with Crippen LogP contribution in [-0.4, -0.2) is 21.9 Å². The van der Waals surface area contributed by atoms with Gasteiger partial charge in [-0.1, -0.05) is 48.2 Å². The van der Waals surface area contributed by atoms with E-state index in [1.54, 1.807) is 0 Å². The minimum Gasteiger partial charge on any atom is -0.411 e. The molecule has 0 aliphatic heterocycles. The molecule has 3 aromatic rings. The molecule has 0 radical (unpaired) electrons. The van der Waals surface area contributed by atoms with Gasteiger partial charge in [-0.05, 0) is 56.0 Å². The maximum Gasteiger partial charge on any atom is 0.277 e. The topological polar surface area (TPSA) is 68.0 Å². The van der Waals surface area contributed by atoms with Crippen molar-refractivity contribution in [3.05, 3.63) is 64.7 Å². The third kappa shape index (κ3) is 4.77. The molecule has 0 saturated heterocycles. The highest BCUT2D eigenvalue weighted by molar-refractivity contribution is 7.99. The minimum absolute atomic E-state index is 0.0531. The number of rotatable bonds is 6. The molecule has 0 saturated carbocycles. The average molecular weight is 382 g/mol. The molecule has 0 aliphatic carbocycles. The Balaban J connectivity index is 1.56. The van der Waals surface area contributed by atoms with Crippen LogP contribution < -0.4 is 5.32 Å². The Labute approximate surface area is 163 Å². The van der Waals surface area contributed by atoms with Crippen molar-refractivity contribution in [2.45, 2.75) is 39.0 Å². The molecule has 0 aliphatic rings. The van der Waals surface area contributed by atoms with Gasteiger partial charge in [0.15, 0.2) is 0 Å². The van der Waals surface area contributed by atoms with Crippen LogP contribution in [0.5, 0.6) is 0 Å². The van der Waals surface area contributed by atoms with E-state index in [2.05, 4.69) is 41.5 Å². The average Bonchev–Trinajstić information content (AvgIpc) is 3.11. The Hall–Kier alpha value is -2.60. The predicted octanol–water partition coefficient (Wildman–Crippen LogP) is 4.63. The zero-order valence-electron chi connectivity index (χ0n) is 15.9. The van der Waals surface area contributed by atoms with E-state index in [0.29, 0.717) is 11.1 Å². The van der Waals surface area contributed by atoms with E-state index in [-0.39, 0.29) is 17.7 Å². The molecule has 1 heterocycles. The predicted molar refractivity (Wildman–Crippen MR) is 108 cm³/mol. The maximum atomic E-state index is 12.3. The molecule has 0 fully saturated rings. The fourth-order valence-electron chi connectivity index (χ4n) is 2.72. The van der Waals surface area contributed by atoms with Crippen LogP contribution in [0.2, 0.25) is 0 Å². The highest BCUT2D eigenvalue weighted by atomic mass is 32.2. The van der Waals surface area contributed by atoms with Gasteiger partial charge in [-0.3, -0.25) is 4.79 Å². The van der Waals surface area contributed by atoms with Gasteiger partial charge in [-0.25, -0.2) is 0 Å². The van der Waals surface area contributed by atoms with Crippen LogP contribution >= 0.6 is 11.8 Å². The number of amides is 1. The summed E-state index contributed by atoms with van der Waals surface area (Å²) in [4.78, 5) is 12.3. The van der Waals surface area contributed by atoms with Gasteiger partial charge in [-0.15, -0.1) is 10.2 Å². The summed E-state index contributed by atoms with van der Waals surface area (Å²) in [5.74, 6) is 0.630. The van der Waals surface area contributed by atoms with Gasteiger partial charge in [0.25, 0.3) is 5.22 Å². The lowest BCUT2D eigenvalue weighted by Crippen LogP contribution is -2.28. The fourth-order valence-corrected chi connectivity index (χ4v) is 3.29. The third-order valence-electron chi connectivity index (χ3n) is 4.52. The van der Waals surface area contributed by atoms with E-state index in [9.17, 15) is 4.79 Å². The number of carbonyl (C=O) groups excluding carboxylic acids is 1. The van der Waals surface area contributed by atoms with Gasteiger partial charge in [0.2, 0.25) is 11.8 Å². The van der Waals surface area contributed by atoms with E-state index >= 15 is 0 Å². The van der Waals surface area contributed by atoms with Crippen LogP contribution in [0.1, 0.15) is 35.2 Å². The standard InChI is InChI=1S/C21H23N3O2S/c1-13-9-10-17(11-15(13)3)16(4)22-19(25)12-27-21-24-23-20(26-21)18-8-6-5-7-14(18)2/h5-11,16H,12H2,1-4H3,(H,22,25)/t16-/m1/s1. The van der Waals surface area contributed by atoms with Gasteiger partial charge in [-0.2, -0.15) is 0 Å². The number of benzene rings is 2. The second kappa shape index (κ2) is 8.39. The second-order valence-electron chi connectivity index (χ2n) is 6.61. The first-order valence-electron chi connectivity index (χ1n) is 8.83. The third-order valence-corrected chi connectivity index (χ3v) is 5.34. The lowest BCUT2D eigenvalue weighted by atomic mass is 10.0. The zero-order valence-corrected chi connectivity index (χ0v) is 16.8.